The normalized spacial score (nSPS) is 11.7. The van der Waals surface area contributed by atoms with Crippen molar-refractivity contribution in [2.24, 2.45) is 0 Å². The quantitative estimate of drug-likeness (QED) is 0.0855. The lowest BCUT2D eigenvalue weighted by atomic mass is 9.87. The van der Waals surface area contributed by atoms with Gasteiger partial charge in [-0.15, -0.1) is 0 Å². The summed E-state index contributed by atoms with van der Waals surface area (Å²) in [7, 11) is 1.73. The molecule has 0 spiro atoms. The fraction of sp³-hybridized carbons (Fsp3) is 0.162. The van der Waals surface area contributed by atoms with Gasteiger partial charge in [0.2, 0.25) is 0 Å². The number of unbranched alkanes of at least 4 members (excludes halogenated alkanes) is 2. The van der Waals surface area contributed by atoms with Crippen LogP contribution in [0.3, 0.4) is 0 Å². The summed E-state index contributed by atoms with van der Waals surface area (Å²) >= 11 is 0. The highest BCUT2D eigenvalue weighted by molar-refractivity contribution is 6.47. The highest BCUT2D eigenvalue weighted by Crippen LogP contribution is 2.57. The van der Waals surface area contributed by atoms with E-state index in [9.17, 15) is 0 Å². The molecule has 0 aliphatic heterocycles. The van der Waals surface area contributed by atoms with Crippen LogP contribution in [-0.4, -0.2) is 13.7 Å². The van der Waals surface area contributed by atoms with Crippen LogP contribution in [0.15, 0.2) is 218 Å². The topological polar surface area (TPSA) is 24.9 Å². The first-order valence-electron chi connectivity index (χ1n) is 28.2. The Morgan fingerprint density at radius 1 is 0.321 bits per heavy atom. The van der Waals surface area contributed by atoms with Crippen molar-refractivity contribution in [2.45, 2.75) is 65.7 Å². The molecule has 0 N–H and O–H groups in total. The van der Waals surface area contributed by atoms with Gasteiger partial charge >= 0.3 is 0 Å². The van der Waals surface area contributed by atoms with Gasteiger partial charge in [-0.1, -0.05) is 167 Å². The van der Waals surface area contributed by atoms with Crippen LogP contribution in [0.5, 0.6) is 11.5 Å². The lowest BCUT2D eigenvalue weighted by molar-refractivity contribution is 0.317. The molecule has 382 valence electrons. The number of hydrogen-bond donors (Lipinski definition) is 0. The van der Waals surface area contributed by atoms with Gasteiger partial charge in [0.05, 0.1) is 25.1 Å². The zero-order valence-electron chi connectivity index (χ0n) is 45.2. The zero-order chi connectivity index (χ0) is 52.7. The van der Waals surface area contributed by atoms with E-state index >= 15 is 0 Å². The van der Waals surface area contributed by atoms with E-state index in [-0.39, 0.29) is 0 Å². The van der Waals surface area contributed by atoms with Gasteiger partial charge < -0.3 is 19.3 Å². The van der Waals surface area contributed by atoms with Crippen molar-refractivity contribution >= 4 is 98.8 Å². The second kappa shape index (κ2) is 20.9. The standard InChI is InChI=1S/C74H64N2O2/c1-5-8-18-49-28-32-53(33-29-49)75(55-36-40-57(77-4)41-37-55)65-46-44-63-69-59(65)24-16-26-61(69)71-67(51-20-12-10-13-21-51)74-64-45-47-66(60-25-17-27-62(70(60)64)72(74)68(73(63)71)52-22-14-11-15-23-52)76(54-34-30-50(31-35-54)19-9-6-2)56-38-42-58(43-39-56)78-48-7-3/h10-17,20-47H,5-9,18-19,48H2,1-4H3. The number of methoxy groups -OCH3 is 1. The molecule has 0 radical (unpaired) electrons. The highest BCUT2D eigenvalue weighted by atomic mass is 16.5. The van der Waals surface area contributed by atoms with Gasteiger partial charge in [-0.2, -0.15) is 0 Å². The first-order valence-corrected chi connectivity index (χ1v) is 28.2. The minimum absolute atomic E-state index is 0.691. The number of nitrogens with zero attached hydrogens (tertiary/aromatic N) is 2. The maximum absolute atomic E-state index is 6.12. The number of fused-ring (bicyclic) bond motifs is 6. The van der Waals surface area contributed by atoms with Crippen molar-refractivity contribution in [3.8, 4) is 33.8 Å². The summed E-state index contributed by atoms with van der Waals surface area (Å²) in [4.78, 5) is 4.87. The molecule has 4 heteroatoms. The molecule has 78 heavy (non-hydrogen) atoms. The van der Waals surface area contributed by atoms with Crippen LogP contribution >= 0.6 is 0 Å². The average Bonchev–Trinajstić information content (AvgIpc) is 3.82. The number of benzene rings is 11. The maximum atomic E-state index is 6.12. The van der Waals surface area contributed by atoms with E-state index in [1.807, 2.05) is 0 Å². The van der Waals surface area contributed by atoms with Crippen molar-refractivity contribution in [3.63, 3.8) is 0 Å². The van der Waals surface area contributed by atoms with Crippen molar-refractivity contribution in [2.75, 3.05) is 23.5 Å². The van der Waals surface area contributed by atoms with E-state index in [1.54, 1.807) is 7.11 Å². The summed E-state index contributed by atoms with van der Waals surface area (Å²) in [6.45, 7) is 7.36. The van der Waals surface area contributed by atoms with Crippen LogP contribution in [0.2, 0.25) is 0 Å². The first kappa shape index (κ1) is 48.8. The molecular formula is C74H64N2O2. The van der Waals surface area contributed by atoms with E-state index in [1.165, 1.54) is 124 Å². The van der Waals surface area contributed by atoms with Gasteiger partial charge in [0.1, 0.15) is 11.5 Å². The summed E-state index contributed by atoms with van der Waals surface area (Å²) < 4.78 is 11.8. The van der Waals surface area contributed by atoms with E-state index in [0.29, 0.717) is 6.61 Å². The Labute approximate surface area is 458 Å². The molecule has 0 fully saturated rings. The van der Waals surface area contributed by atoms with Crippen LogP contribution in [0.4, 0.5) is 34.1 Å². The molecule has 0 aliphatic carbocycles. The van der Waals surface area contributed by atoms with E-state index in [2.05, 4.69) is 249 Å². The van der Waals surface area contributed by atoms with Crippen molar-refractivity contribution < 1.29 is 9.47 Å². The molecule has 4 nitrogen and oxygen atoms in total. The van der Waals surface area contributed by atoms with Gasteiger partial charge in [-0.3, -0.25) is 0 Å². The van der Waals surface area contributed by atoms with Gasteiger partial charge in [-0.25, -0.2) is 0 Å². The molecule has 0 unspecified atom stereocenters. The van der Waals surface area contributed by atoms with E-state index < -0.39 is 0 Å². The molecular weight excluding hydrogens is 949 g/mol. The molecule has 0 heterocycles. The van der Waals surface area contributed by atoms with Gasteiger partial charge in [-0.05, 0) is 204 Å². The SMILES string of the molecule is CCCCc1ccc(N(c2ccc(OC)cc2)c2ccc3c4c(-c5ccccc5)c5c6cccc7c(N(c8ccc(CCCC)cc8)c8ccc(OCCC)cc8)ccc(c5c(-c5ccccc5)c4c4cccc2c43)c76)cc1. The fourth-order valence-electron chi connectivity index (χ4n) is 12.5. The molecule has 13 aromatic carbocycles. The van der Waals surface area contributed by atoms with Crippen molar-refractivity contribution in [1.82, 2.24) is 0 Å². The molecule has 0 aliphatic rings. The Morgan fingerprint density at radius 2 is 0.692 bits per heavy atom. The van der Waals surface area contributed by atoms with E-state index in [0.717, 1.165) is 64.9 Å². The summed E-state index contributed by atoms with van der Waals surface area (Å²) in [6, 6.07) is 81.5. The maximum Gasteiger partial charge on any atom is 0.119 e. The fourth-order valence-corrected chi connectivity index (χ4v) is 12.5. The molecule has 0 aromatic heterocycles. The molecule has 0 bridgehead atoms. The second-order valence-corrected chi connectivity index (χ2v) is 21.0. The minimum atomic E-state index is 0.691. The second-order valence-electron chi connectivity index (χ2n) is 21.0. The predicted molar refractivity (Wildman–Crippen MR) is 334 cm³/mol. The lowest BCUT2D eigenvalue weighted by Gasteiger charge is -2.27. The third-order valence-corrected chi connectivity index (χ3v) is 16.1. The highest BCUT2D eigenvalue weighted by Gasteiger charge is 2.30. The van der Waals surface area contributed by atoms with Crippen molar-refractivity contribution in [1.29, 1.82) is 0 Å². The summed E-state index contributed by atoms with van der Waals surface area (Å²) in [5, 5.41) is 15.1. The Bertz CT molecular complexity index is 4060. The van der Waals surface area contributed by atoms with Gasteiger partial charge in [0.25, 0.3) is 0 Å². The zero-order valence-corrected chi connectivity index (χ0v) is 45.2. The summed E-state index contributed by atoms with van der Waals surface area (Å²) in [5.41, 5.74) is 14.4. The third kappa shape index (κ3) is 8.39. The molecule has 0 atom stereocenters. The average molecular weight is 1010 g/mol. The van der Waals surface area contributed by atoms with Crippen LogP contribution in [0, 0.1) is 0 Å². The Kier molecular flexibility index (Phi) is 13.1. The molecule has 13 aromatic rings. The molecule has 0 saturated carbocycles. The molecule has 13 rings (SSSR count). The largest absolute Gasteiger partial charge is 0.497 e. The monoisotopic (exact) mass is 1010 g/mol. The number of aryl methyl sites for hydroxylation is 2. The van der Waals surface area contributed by atoms with Crippen molar-refractivity contribution in [3.05, 3.63) is 230 Å². The Morgan fingerprint density at radius 3 is 1.08 bits per heavy atom. The van der Waals surface area contributed by atoms with E-state index in [4.69, 9.17) is 9.47 Å². The number of anilines is 6. The van der Waals surface area contributed by atoms with Crippen LogP contribution in [0.25, 0.3) is 86.9 Å². The van der Waals surface area contributed by atoms with Crippen LogP contribution in [-0.2, 0) is 12.8 Å². The predicted octanol–water partition coefficient (Wildman–Crippen LogP) is 21.2. The Hall–Kier alpha value is -8.86. The van der Waals surface area contributed by atoms with Crippen LogP contribution < -0.4 is 19.3 Å². The van der Waals surface area contributed by atoms with Gasteiger partial charge in [0.15, 0.2) is 0 Å². The Balaban J connectivity index is 1.11. The minimum Gasteiger partial charge on any atom is -0.497 e. The summed E-state index contributed by atoms with van der Waals surface area (Å²) in [5.74, 6) is 1.72. The van der Waals surface area contributed by atoms with Crippen LogP contribution in [0.1, 0.15) is 64.0 Å². The molecule has 0 amide bonds. The number of ether oxygens (including phenoxy) is 2. The number of rotatable bonds is 18. The smallest absolute Gasteiger partial charge is 0.119 e. The van der Waals surface area contributed by atoms with Gasteiger partial charge in [0, 0.05) is 33.5 Å². The third-order valence-electron chi connectivity index (χ3n) is 16.1. The summed E-state index contributed by atoms with van der Waals surface area (Å²) in [6.07, 6.45) is 7.81. The lowest BCUT2D eigenvalue weighted by Crippen LogP contribution is -2.10. The molecule has 0 saturated heterocycles. The number of hydrogen-bond acceptors (Lipinski definition) is 4. The first-order chi connectivity index (χ1) is 38.6.